The molecule has 1 amide bonds. The van der Waals surface area contributed by atoms with Crippen LogP contribution in [0.2, 0.25) is 0 Å². The number of hydrogen-bond acceptors (Lipinski definition) is 5. The number of aromatic nitrogens is 4. The van der Waals surface area contributed by atoms with Crippen molar-refractivity contribution in [1.82, 2.24) is 24.8 Å². The zero-order valence-corrected chi connectivity index (χ0v) is 18.0. The van der Waals surface area contributed by atoms with Gasteiger partial charge in [-0.1, -0.05) is 18.2 Å². The van der Waals surface area contributed by atoms with Gasteiger partial charge in [-0.15, -0.1) is 0 Å². The van der Waals surface area contributed by atoms with E-state index in [2.05, 4.69) is 32.4 Å². The van der Waals surface area contributed by atoms with Crippen molar-refractivity contribution in [1.29, 1.82) is 0 Å². The fourth-order valence-corrected chi connectivity index (χ4v) is 4.53. The molecule has 2 N–H and O–H groups in total. The molecule has 0 aliphatic carbocycles. The first-order valence-corrected chi connectivity index (χ1v) is 11.0. The Bertz CT molecular complexity index is 1340. The summed E-state index contributed by atoms with van der Waals surface area (Å²) >= 11 is 0. The second-order valence-electron chi connectivity index (χ2n) is 8.33. The van der Waals surface area contributed by atoms with Gasteiger partial charge in [0.2, 0.25) is 5.91 Å². The zero-order valence-electron chi connectivity index (χ0n) is 18.0. The minimum atomic E-state index is -0.184. The maximum Gasteiger partial charge on any atom is 0.294 e. The molecule has 0 spiro atoms. The number of pyridine rings is 1. The van der Waals surface area contributed by atoms with Crippen LogP contribution in [0, 0.1) is 5.92 Å². The number of anilines is 1. The number of para-hydroxylation sites is 1. The van der Waals surface area contributed by atoms with Gasteiger partial charge < -0.3 is 15.2 Å². The molecule has 8 nitrogen and oxygen atoms in total. The second kappa shape index (κ2) is 8.45. The van der Waals surface area contributed by atoms with Gasteiger partial charge in [-0.2, -0.15) is 0 Å². The van der Waals surface area contributed by atoms with Crippen LogP contribution in [0.4, 0.5) is 5.82 Å². The second-order valence-corrected chi connectivity index (χ2v) is 8.33. The minimum Gasteiger partial charge on any atom is -0.361 e. The van der Waals surface area contributed by atoms with Crippen LogP contribution in [-0.2, 0) is 18.3 Å². The topological polar surface area (TPSA) is 95.9 Å². The van der Waals surface area contributed by atoms with Crippen molar-refractivity contribution in [2.75, 3.05) is 24.5 Å². The average Bonchev–Trinajstić information content (AvgIpc) is 3.24. The first-order chi connectivity index (χ1) is 15.6. The lowest BCUT2D eigenvalue weighted by Crippen LogP contribution is -2.45. The molecule has 3 aromatic heterocycles. The maximum atomic E-state index is 12.9. The van der Waals surface area contributed by atoms with Gasteiger partial charge in [0.15, 0.2) is 11.5 Å². The summed E-state index contributed by atoms with van der Waals surface area (Å²) in [7, 11) is 1.71. The third kappa shape index (κ3) is 3.72. The number of piperidine rings is 1. The van der Waals surface area contributed by atoms with Gasteiger partial charge in [0.05, 0.1) is 5.92 Å². The van der Waals surface area contributed by atoms with E-state index in [1.165, 1.54) is 15.5 Å². The first-order valence-electron chi connectivity index (χ1n) is 11.0. The van der Waals surface area contributed by atoms with Crippen molar-refractivity contribution in [3.63, 3.8) is 0 Å². The molecule has 4 heterocycles. The Hall–Kier alpha value is -3.68. The van der Waals surface area contributed by atoms with Gasteiger partial charge in [-0.3, -0.25) is 14.2 Å². The molecule has 8 heteroatoms. The molecule has 4 aromatic rings. The normalized spacial score (nSPS) is 16.5. The summed E-state index contributed by atoms with van der Waals surface area (Å²) in [5, 5.41) is 4.28. The molecular formula is C24H26N6O2. The van der Waals surface area contributed by atoms with E-state index < -0.39 is 0 Å². The number of aromatic amines is 1. The summed E-state index contributed by atoms with van der Waals surface area (Å²) < 4.78 is 1.53. The number of hydrogen-bond donors (Lipinski definition) is 2. The highest BCUT2D eigenvalue weighted by Gasteiger charge is 2.28. The van der Waals surface area contributed by atoms with E-state index in [4.69, 9.17) is 0 Å². The highest BCUT2D eigenvalue weighted by molar-refractivity contribution is 5.83. The number of benzene rings is 1. The number of nitrogens with one attached hydrogen (secondary N) is 2. The number of H-pyrrole nitrogens is 1. The van der Waals surface area contributed by atoms with Crippen LogP contribution in [0.3, 0.4) is 0 Å². The Morgan fingerprint density at radius 2 is 2.12 bits per heavy atom. The van der Waals surface area contributed by atoms with E-state index in [1.54, 1.807) is 13.2 Å². The van der Waals surface area contributed by atoms with E-state index >= 15 is 0 Å². The molecule has 0 saturated carbocycles. The molecule has 0 unspecified atom stereocenters. The van der Waals surface area contributed by atoms with Crippen molar-refractivity contribution < 1.29 is 4.79 Å². The van der Waals surface area contributed by atoms with E-state index in [0.717, 1.165) is 24.8 Å². The standard InChI is InChI=1S/C24H26N6O2/c1-29-21-20(9-4-11-25-21)28-22(24(29)32)30-13-5-6-17(15-30)23(31)26-12-10-16-14-27-19-8-3-2-7-18(16)19/h2-4,7-9,11,14,17,27H,5-6,10,12-13,15H2,1H3,(H,26,31)/t17-/m1/s1. The SMILES string of the molecule is Cn1c(=O)c(N2CCC[C@@H](C(=O)NCCc3c[nH]c4ccccc34)C2)nc2cccnc21. The van der Waals surface area contributed by atoms with Crippen LogP contribution in [0.5, 0.6) is 0 Å². The Morgan fingerprint density at radius 1 is 1.25 bits per heavy atom. The fourth-order valence-electron chi connectivity index (χ4n) is 4.53. The highest BCUT2D eigenvalue weighted by atomic mass is 16.2. The van der Waals surface area contributed by atoms with Gasteiger partial charge in [0.25, 0.3) is 5.56 Å². The molecule has 1 aliphatic rings. The average molecular weight is 431 g/mol. The Labute approximate surface area is 185 Å². The molecule has 32 heavy (non-hydrogen) atoms. The third-order valence-corrected chi connectivity index (χ3v) is 6.27. The van der Waals surface area contributed by atoms with Crippen LogP contribution in [0.15, 0.2) is 53.6 Å². The predicted molar refractivity (Wildman–Crippen MR) is 125 cm³/mol. The van der Waals surface area contributed by atoms with Gasteiger partial charge in [-0.05, 0) is 43.0 Å². The van der Waals surface area contributed by atoms with Crippen LogP contribution >= 0.6 is 0 Å². The number of rotatable bonds is 5. The van der Waals surface area contributed by atoms with E-state index in [0.29, 0.717) is 36.6 Å². The molecule has 0 bridgehead atoms. The number of carbonyl (C=O) groups excluding carboxylic acids is 1. The predicted octanol–water partition coefficient (Wildman–Crippen LogP) is 2.39. The number of amides is 1. The molecule has 1 aromatic carbocycles. The van der Waals surface area contributed by atoms with Crippen molar-refractivity contribution in [2.45, 2.75) is 19.3 Å². The summed E-state index contributed by atoms with van der Waals surface area (Å²) in [5.41, 5.74) is 3.36. The molecule has 1 aliphatic heterocycles. The van der Waals surface area contributed by atoms with E-state index in [9.17, 15) is 9.59 Å². The summed E-state index contributed by atoms with van der Waals surface area (Å²) in [6.07, 6.45) is 6.09. The molecule has 5 rings (SSSR count). The summed E-state index contributed by atoms with van der Waals surface area (Å²) in [5.74, 6) is 0.265. The minimum absolute atomic E-state index is 0.0359. The van der Waals surface area contributed by atoms with Gasteiger partial charge in [0, 0.05) is 50.0 Å². The van der Waals surface area contributed by atoms with Crippen molar-refractivity contribution in [3.05, 3.63) is 64.7 Å². The number of aryl methyl sites for hydroxylation is 1. The number of fused-ring (bicyclic) bond motifs is 2. The monoisotopic (exact) mass is 430 g/mol. The summed E-state index contributed by atoms with van der Waals surface area (Å²) in [6, 6.07) is 11.8. The summed E-state index contributed by atoms with van der Waals surface area (Å²) in [4.78, 5) is 39.8. The lowest BCUT2D eigenvalue weighted by atomic mass is 9.97. The van der Waals surface area contributed by atoms with E-state index in [-0.39, 0.29) is 17.4 Å². The number of carbonyl (C=O) groups is 1. The Kier molecular flexibility index (Phi) is 5.34. The van der Waals surface area contributed by atoms with Crippen molar-refractivity contribution in [3.8, 4) is 0 Å². The largest absolute Gasteiger partial charge is 0.361 e. The van der Waals surface area contributed by atoms with Crippen LogP contribution < -0.4 is 15.8 Å². The summed E-state index contributed by atoms with van der Waals surface area (Å²) in [6.45, 7) is 1.79. The lowest BCUT2D eigenvalue weighted by Gasteiger charge is -2.32. The molecular weight excluding hydrogens is 404 g/mol. The van der Waals surface area contributed by atoms with Crippen molar-refractivity contribution >= 4 is 33.8 Å². The van der Waals surface area contributed by atoms with E-state index in [1.807, 2.05) is 35.4 Å². The highest BCUT2D eigenvalue weighted by Crippen LogP contribution is 2.22. The van der Waals surface area contributed by atoms with Gasteiger partial charge in [0.1, 0.15) is 5.52 Å². The third-order valence-electron chi connectivity index (χ3n) is 6.27. The fraction of sp³-hybridized carbons (Fsp3) is 0.333. The van der Waals surface area contributed by atoms with Gasteiger partial charge in [-0.25, -0.2) is 9.97 Å². The van der Waals surface area contributed by atoms with Crippen LogP contribution in [0.25, 0.3) is 22.1 Å². The number of nitrogens with zero attached hydrogens (tertiary/aromatic N) is 4. The molecule has 1 saturated heterocycles. The molecule has 164 valence electrons. The Morgan fingerprint density at radius 3 is 3.03 bits per heavy atom. The molecule has 1 atom stereocenters. The smallest absolute Gasteiger partial charge is 0.294 e. The maximum absolute atomic E-state index is 12.9. The zero-order chi connectivity index (χ0) is 22.1. The van der Waals surface area contributed by atoms with Gasteiger partial charge >= 0.3 is 0 Å². The first kappa shape index (κ1) is 20.2. The van der Waals surface area contributed by atoms with Crippen molar-refractivity contribution in [2.24, 2.45) is 13.0 Å². The Balaban J connectivity index is 1.26. The van der Waals surface area contributed by atoms with Crippen LogP contribution in [0.1, 0.15) is 18.4 Å². The molecule has 0 radical (unpaired) electrons. The quantitative estimate of drug-likeness (QED) is 0.507. The molecule has 1 fully saturated rings. The lowest BCUT2D eigenvalue weighted by molar-refractivity contribution is -0.125. The van der Waals surface area contributed by atoms with Crippen LogP contribution in [-0.4, -0.2) is 45.1 Å².